The van der Waals surface area contributed by atoms with E-state index in [0.717, 1.165) is 56.3 Å². The van der Waals surface area contributed by atoms with Crippen LogP contribution in [0.3, 0.4) is 0 Å². The van der Waals surface area contributed by atoms with E-state index in [0.29, 0.717) is 0 Å². The zero-order chi connectivity index (χ0) is 14.5. The first-order valence-corrected chi connectivity index (χ1v) is 7.41. The van der Waals surface area contributed by atoms with E-state index >= 15 is 0 Å². The van der Waals surface area contributed by atoms with Gasteiger partial charge in [0.2, 0.25) is 0 Å². The molecule has 1 aliphatic heterocycles. The molecule has 2 N–H and O–H groups in total. The van der Waals surface area contributed by atoms with Crippen molar-refractivity contribution < 1.29 is 0 Å². The highest BCUT2D eigenvalue weighted by Gasteiger charge is 2.17. The van der Waals surface area contributed by atoms with Gasteiger partial charge < -0.3 is 10.6 Å². The Morgan fingerprint density at radius 1 is 1.00 bits per heavy atom. The van der Waals surface area contributed by atoms with E-state index < -0.39 is 0 Å². The minimum Gasteiger partial charge on any atom is -0.354 e. The van der Waals surface area contributed by atoms with E-state index in [4.69, 9.17) is 5.73 Å². The minimum atomic E-state index is 0.728. The lowest BCUT2D eigenvalue weighted by Gasteiger charge is -2.35. The zero-order valence-corrected chi connectivity index (χ0v) is 12.2. The molecule has 1 fully saturated rings. The standard InChI is InChI=1S/C16H21N5/c17-6-7-20-8-10-21(11-9-20)16-12-15(18-13-19-16)14-4-2-1-3-5-14/h1-5,12-13H,6-11,17H2. The summed E-state index contributed by atoms with van der Waals surface area (Å²) < 4.78 is 0. The lowest BCUT2D eigenvalue weighted by molar-refractivity contribution is 0.264. The second-order valence-electron chi connectivity index (χ2n) is 5.24. The molecule has 0 spiro atoms. The summed E-state index contributed by atoms with van der Waals surface area (Å²) in [6.45, 7) is 5.78. The molecule has 0 bridgehead atoms. The van der Waals surface area contributed by atoms with E-state index in [-0.39, 0.29) is 0 Å². The smallest absolute Gasteiger partial charge is 0.132 e. The summed E-state index contributed by atoms with van der Waals surface area (Å²) in [5, 5.41) is 0. The van der Waals surface area contributed by atoms with Crippen molar-refractivity contribution in [2.45, 2.75) is 0 Å². The molecule has 0 aliphatic carbocycles. The largest absolute Gasteiger partial charge is 0.354 e. The molecule has 1 aromatic carbocycles. The quantitative estimate of drug-likeness (QED) is 0.914. The number of rotatable bonds is 4. The van der Waals surface area contributed by atoms with Crippen molar-refractivity contribution in [1.29, 1.82) is 0 Å². The Morgan fingerprint density at radius 3 is 2.48 bits per heavy atom. The lowest BCUT2D eigenvalue weighted by Crippen LogP contribution is -2.48. The summed E-state index contributed by atoms with van der Waals surface area (Å²) in [6.07, 6.45) is 1.66. The first-order chi connectivity index (χ1) is 10.4. The first kappa shape index (κ1) is 14.0. The highest BCUT2D eigenvalue weighted by molar-refractivity contribution is 5.62. The van der Waals surface area contributed by atoms with Crippen LogP contribution in [0.4, 0.5) is 5.82 Å². The van der Waals surface area contributed by atoms with Gasteiger partial charge in [-0.1, -0.05) is 30.3 Å². The van der Waals surface area contributed by atoms with Gasteiger partial charge in [-0.15, -0.1) is 0 Å². The minimum absolute atomic E-state index is 0.728. The number of anilines is 1. The van der Waals surface area contributed by atoms with Crippen LogP contribution in [0.15, 0.2) is 42.7 Å². The average molecular weight is 283 g/mol. The van der Waals surface area contributed by atoms with Gasteiger partial charge in [0.05, 0.1) is 5.69 Å². The predicted octanol–water partition coefficient (Wildman–Crippen LogP) is 1.22. The number of hydrogen-bond acceptors (Lipinski definition) is 5. The van der Waals surface area contributed by atoms with Crippen molar-refractivity contribution in [2.75, 3.05) is 44.2 Å². The second kappa shape index (κ2) is 6.65. The van der Waals surface area contributed by atoms with Gasteiger partial charge in [0.15, 0.2) is 0 Å². The Bertz CT molecular complexity index is 564. The van der Waals surface area contributed by atoms with Crippen molar-refractivity contribution in [2.24, 2.45) is 5.73 Å². The summed E-state index contributed by atoms with van der Waals surface area (Å²) in [6, 6.07) is 12.3. The fraction of sp³-hybridized carbons (Fsp3) is 0.375. The molecular weight excluding hydrogens is 262 g/mol. The van der Waals surface area contributed by atoms with Gasteiger partial charge >= 0.3 is 0 Å². The molecule has 1 aliphatic rings. The third-order valence-electron chi connectivity index (χ3n) is 3.86. The summed E-state index contributed by atoms with van der Waals surface area (Å²) in [5.74, 6) is 1.01. The van der Waals surface area contributed by atoms with Gasteiger partial charge in [0.1, 0.15) is 12.1 Å². The third-order valence-corrected chi connectivity index (χ3v) is 3.86. The number of aromatic nitrogens is 2. The van der Waals surface area contributed by atoms with Crippen LogP contribution in [-0.2, 0) is 0 Å². The van der Waals surface area contributed by atoms with Gasteiger partial charge in [0, 0.05) is 50.9 Å². The molecular formula is C16H21N5. The van der Waals surface area contributed by atoms with Crippen LogP contribution in [0.2, 0.25) is 0 Å². The van der Waals surface area contributed by atoms with E-state index in [1.807, 2.05) is 18.2 Å². The van der Waals surface area contributed by atoms with Crippen LogP contribution < -0.4 is 10.6 Å². The van der Waals surface area contributed by atoms with Gasteiger partial charge in [-0.2, -0.15) is 0 Å². The van der Waals surface area contributed by atoms with Crippen LogP contribution in [0, 0.1) is 0 Å². The van der Waals surface area contributed by atoms with E-state index in [1.165, 1.54) is 0 Å². The highest BCUT2D eigenvalue weighted by Crippen LogP contribution is 2.21. The fourth-order valence-corrected chi connectivity index (χ4v) is 2.67. The van der Waals surface area contributed by atoms with Crippen LogP contribution in [0.5, 0.6) is 0 Å². The lowest BCUT2D eigenvalue weighted by atomic mass is 10.1. The van der Waals surface area contributed by atoms with E-state index in [1.54, 1.807) is 6.33 Å². The Labute approximate surface area is 125 Å². The summed E-state index contributed by atoms with van der Waals surface area (Å²) in [7, 11) is 0. The topological polar surface area (TPSA) is 58.3 Å². The number of benzene rings is 1. The van der Waals surface area contributed by atoms with Crippen LogP contribution in [0.25, 0.3) is 11.3 Å². The average Bonchev–Trinajstić information content (AvgIpc) is 2.57. The van der Waals surface area contributed by atoms with Gasteiger partial charge in [-0.3, -0.25) is 4.90 Å². The maximum absolute atomic E-state index is 5.61. The number of piperazine rings is 1. The summed E-state index contributed by atoms with van der Waals surface area (Å²) in [4.78, 5) is 13.5. The van der Waals surface area contributed by atoms with Crippen molar-refractivity contribution in [1.82, 2.24) is 14.9 Å². The molecule has 3 rings (SSSR count). The SMILES string of the molecule is NCCN1CCN(c2cc(-c3ccccc3)ncn2)CC1. The number of nitrogens with two attached hydrogens (primary N) is 1. The van der Waals surface area contributed by atoms with E-state index in [2.05, 4.69) is 38.0 Å². The number of nitrogens with zero attached hydrogens (tertiary/aromatic N) is 4. The summed E-state index contributed by atoms with van der Waals surface area (Å²) in [5.41, 5.74) is 7.72. The van der Waals surface area contributed by atoms with Gasteiger partial charge in [-0.25, -0.2) is 9.97 Å². The maximum atomic E-state index is 5.61. The van der Waals surface area contributed by atoms with Crippen LogP contribution in [-0.4, -0.2) is 54.1 Å². The van der Waals surface area contributed by atoms with E-state index in [9.17, 15) is 0 Å². The Morgan fingerprint density at radius 2 is 1.76 bits per heavy atom. The van der Waals surface area contributed by atoms with Crippen LogP contribution in [0.1, 0.15) is 0 Å². The molecule has 1 saturated heterocycles. The zero-order valence-electron chi connectivity index (χ0n) is 12.2. The molecule has 5 nitrogen and oxygen atoms in total. The Hall–Kier alpha value is -1.98. The first-order valence-electron chi connectivity index (χ1n) is 7.41. The predicted molar refractivity (Wildman–Crippen MR) is 85.2 cm³/mol. The molecule has 0 radical (unpaired) electrons. The number of hydrogen-bond donors (Lipinski definition) is 1. The van der Waals surface area contributed by atoms with Gasteiger partial charge in [0.25, 0.3) is 0 Å². The van der Waals surface area contributed by atoms with Crippen molar-refractivity contribution in [3.05, 3.63) is 42.7 Å². The third kappa shape index (κ3) is 3.37. The molecule has 21 heavy (non-hydrogen) atoms. The van der Waals surface area contributed by atoms with Crippen molar-refractivity contribution in [3.63, 3.8) is 0 Å². The second-order valence-corrected chi connectivity index (χ2v) is 5.24. The molecule has 1 aromatic heterocycles. The van der Waals surface area contributed by atoms with Crippen LogP contribution >= 0.6 is 0 Å². The molecule has 0 unspecified atom stereocenters. The maximum Gasteiger partial charge on any atom is 0.132 e. The fourth-order valence-electron chi connectivity index (χ4n) is 2.67. The normalized spacial score (nSPS) is 16.1. The summed E-state index contributed by atoms with van der Waals surface area (Å²) >= 11 is 0. The Kier molecular flexibility index (Phi) is 4.43. The molecule has 5 heteroatoms. The van der Waals surface area contributed by atoms with Crippen molar-refractivity contribution in [3.8, 4) is 11.3 Å². The highest BCUT2D eigenvalue weighted by atomic mass is 15.3. The molecule has 0 atom stereocenters. The monoisotopic (exact) mass is 283 g/mol. The molecule has 0 saturated carbocycles. The Balaban J connectivity index is 1.72. The molecule has 0 amide bonds. The molecule has 110 valence electrons. The van der Waals surface area contributed by atoms with Crippen molar-refractivity contribution >= 4 is 5.82 Å². The van der Waals surface area contributed by atoms with Gasteiger partial charge in [-0.05, 0) is 0 Å². The molecule has 2 aromatic rings. The molecule has 2 heterocycles.